The van der Waals surface area contributed by atoms with Gasteiger partial charge in [-0.15, -0.1) is 0 Å². The van der Waals surface area contributed by atoms with E-state index in [1.165, 1.54) is 5.56 Å². The van der Waals surface area contributed by atoms with Crippen LogP contribution in [0.5, 0.6) is 0 Å². The van der Waals surface area contributed by atoms with Crippen LogP contribution in [-0.2, 0) is 6.42 Å². The Bertz CT molecular complexity index is 416. The zero-order valence-corrected chi connectivity index (χ0v) is 12.2. The Kier molecular flexibility index (Phi) is 6.81. The number of rotatable bonds is 5. The minimum absolute atomic E-state index is 0.155. The van der Waals surface area contributed by atoms with Crippen LogP contribution in [0.15, 0.2) is 29.5 Å². The fraction of sp³-hybridized carbons (Fsp3) is 0.462. The number of aromatic nitrogens is 1. The van der Waals surface area contributed by atoms with Crippen LogP contribution in [0.2, 0.25) is 0 Å². The molecule has 5 nitrogen and oxygen atoms in total. The van der Waals surface area contributed by atoms with Crippen molar-refractivity contribution in [3.63, 3.8) is 0 Å². The number of nitrogens with zero attached hydrogens (tertiary/aromatic N) is 2. The summed E-state index contributed by atoms with van der Waals surface area (Å²) in [5.41, 5.74) is 6.95. The van der Waals surface area contributed by atoms with Gasteiger partial charge < -0.3 is 16.4 Å². The first-order chi connectivity index (χ1) is 9.08. The van der Waals surface area contributed by atoms with Crippen LogP contribution in [-0.4, -0.2) is 28.6 Å². The summed E-state index contributed by atoms with van der Waals surface area (Å²) < 4.78 is 0. The number of thiocarbonyl (C=S) groups is 1. The van der Waals surface area contributed by atoms with Crippen molar-refractivity contribution in [1.82, 2.24) is 15.6 Å². The van der Waals surface area contributed by atoms with Crippen LogP contribution in [0.3, 0.4) is 0 Å². The number of nitrogens with one attached hydrogen (secondary N) is 2. The lowest BCUT2D eigenvalue weighted by molar-refractivity contribution is 0.768. The second-order valence-electron chi connectivity index (χ2n) is 4.45. The Labute approximate surface area is 119 Å². The van der Waals surface area contributed by atoms with Gasteiger partial charge in [-0.25, -0.2) is 0 Å². The van der Waals surface area contributed by atoms with Crippen LogP contribution >= 0.6 is 12.2 Å². The molecule has 0 spiro atoms. The molecule has 0 atom stereocenters. The van der Waals surface area contributed by atoms with E-state index in [4.69, 9.17) is 18.0 Å². The summed E-state index contributed by atoms with van der Waals surface area (Å²) >= 11 is 5.12. The monoisotopic (exact) mass is 279 g/mol. The van der Waals surface area contributed by atoms with Gasteiger partial charge in [0.1, 0.15) is 0 Å². The van der Waals surface area contributed by atoms with Crippen LogP contribution in [0, 0.1) is 0 Å². The molecule has 0 radical (unpaired) electrons. The largest absolute Gasteiger partial charge is 0.370 e. The molecule has 0 amide bonds. The van der Waals surface area contributed by atoms with Crippen LogP contribution < -0.4 is 16.4 Å². The highest BCUT2D eigenvalue weighted by Crippen LogP contribution is 1.99. The number of pyridine rings is 1. The molecular formula is C13H21N5S. The molecule has 0 aliphatic rings. The fourth-order valence-electron chi connectivity index (χ4n) is 1.51. The van der Waals surface area contributed by atoms with Gasteiger partial charge in [0.2, 0.25) is 0 Å². The molecular weight excluding hydrogens is 258 g/mol. The molecule has 0 saturated carbocycles. The van der Waals surface area contributed by atoms with Gasteiger partial charge in [0.15, 0.2) is 11.1 Å². The summed E-state index contributed by atoms with van der Waals surface area (Å²) in [6.45, 7) is 4.71. The molecule has 0 fully saturated rings. The molecule has 1 heterocycles. The van der Waals surface area contributed by atoms with Crippen molar-refractivity contribution in [3.8, 4) is 0 Å². The summed E-state index contributed by atoms with van der Waals surface area (Å²) in [5.74, 6) is 0.349. The van der Waals surface area contributed by atoms with E-state index >= 15 is 0 Å². The van der Waals surface area contributed by atoms with Gasteiger partial charge in [-0.2, -0.15) is 0 Å². The zero-order chi connectivity index (χ0) is 14.1. The maximum Gasteiger partial charge on any atom is 0.195 e. The minimum atomic E-state index is 0.155. The maximum atomic E-state index is 5.68. The Balaban J connectivity index is 2.17. The summed E-state index contributed by atoms with van der Waals surface area (Å²) in [7, 11) is 0. The van der Waals surface area contributed by atoms with Crippen molar-refractivity contribution >= 4 is 23.3 Å². The smallest absolute Gasteiger partial charge is 0.195 e. The summed E-state index contributed by atoms with van der Waals surface area (Å²) in [6, 6.07) is 4.19. The molecule has 1 rings (SSSR count). The second kappa shape index (κ2) is 8.42. The predicted molar refractivity (Wildman–Crippen MR) is 83.1 cm³/mol. The highest BCUT2D eigenvalue weighted by molar-refractivity contribution is 7.80. The lowest BCUT2D eigenvalue weighted by atomic mass is 10.1. The number of aliphatic imine (C=N–C) groups is 1. The van der Waals surface area contributed by atoms with Crippen molar-refractivity contribution < 1.29 is 0 Å². The van der Waals surface area contributed by atoms with E-state index in [2.05, 4.69) is 20.6 Å². The SMILES string of the molecule is CC(C)N=C(N)NC(=S)NCCCc1ccncc1. The highest BCUT2D eigenvalue weighted by atomic mass is 32.1. The fourth-order valence-corrected chi connectivity index (χ4v) is 1.72. The third-order valence-corrected chi connectivity index (χ3v) is 2.56. The van der Waals surface area contributed by atoms with Gasteiger partial charge in [-0.1, -0.05) is 0 Å². The quantitative estimate of drug-likeness (QED) is 0.327. The summed E-state index contributed by atoms with van der Waals surface area (Å²) in [5, 5.41) is 6.46. The number of aryl methyl sites for hydroxylation is 1. The van der Waals surface area contributed by atoms with E-state index in [0.29, 0.717) is 11.1 Å². The Hall–Kier alpha value is -1.69. The normalized spacial score (nSPS) is 11.4. The Morgan fingerprint density at radius 3 is 2.74 bits per heavy atom. The number of guanidine groups is 1. The van der Waals surface area contributed by atoms with Gasteiger partial charge in [0.05, 0.1) is 0 Å². The Morgan fingerprint density at radius 2 is 2.11 bits per heavy atom. The van der Waals surface area contributed by atoms with Crippen molar-refractivity contribution in [2.24, 2.45) is 10.7 Å². The molecule has 1 aromatic rings. The lowest BCUT2D eigenvalue weighted by Gasteiger charge is -2.10. The number of hydrogen-bond acceptors (Lipinski definition) is 3. The average molecular weight is 279 g/mol. The molecule has 0 saturated heterocycles. The Morgan fingerprint density at radius 1 is 1.42 bits per heavy atom. The molecule has 1 aromatic heterocycles. The molecule has 6 heteroatoms. The van der Waals surface area contributed by atoms with E-state index in [9.17, 15) is 0 Å². The van der Waals surface area contributed by atoms with E-state index in [1.807, 2.05) is 26.0 Å². The average Bonchev–Trinajstić information content (AvgIpc) is 2.35. The third kappa shape index (κ3) is 7.35. The predicted octanol–water partition coefficient (Wildman–Crippen LogP) is 1.20. The lowest BCUT2D eigenvalue weighted by Crippen LogP contribution is -2.43. The molecule has 0 aliphatic carbocycles. The number of hydrogen-bond donors (Lipinski definition) is 3. The molecule has 4 N–H and O–H groups in total. The standard InChI is InChI=1S/C13H21N5S/c1-10(2)17-12(14)18-13(19)16-7-3-4-11-5-8-15-9-6-11/h5-6,8-10H,3-4,7H2,1-2H3,(H4,14,16,17,18,19). The van der Waals surface area contributed by atoms with Crippen molar-refractivity contribution in [2.75, 3.05) is 6.54 Å². The van der Waals surface area contributed by atoms with E-state index in [0.717, 1.165) is 19.4 Å². The first-order valence-electron chi connectivity index (χ1n) is 6.35. The second-order valence-corrected chi connectivity index (χ2v) is 4.86. The summed E-state index contributed by atoms with van der Waals surface area (Å²) in [6.07, 6.45) is 5.59. The molecule has 0 unspecified atom stereocenters. The summed E-state index contributed by atoms with van der Waals surface area (Å²) in [4.78, 5) is 8.13. The van der Waals surface area contributed by atoms with Gasteiger partial charge in [0, 0.05) is 25.0 Å². The molecule has 0 aliphatic heterocycles. The topological polar surface area (TPSA) is 75.3 Å². The highest BCUT2D eigenvalue weighted by Gasteiger charge is 1.99. The van der Waals surface area contributed by atoms with E-state index in [1.54, 1.807) is 12.4 Å². The maximum absolute atomic E-state index is 5.68. The van der Waals surface area contributed by atoms with Crippen LogP contribution in [0.25, 0.3) is 0 Å². The number of nitrogens with two attached hydrogens (primary N) is 1. The molecule has 104 valence electrons. The molecule has 0 aromatic carbocycles. The van der Waals surface area contributed by atoms with Gasteiger partial charge in [-0.3, -0.25) is 9.98 Å². The van der Waals surface area contributed by atoms with E-state index in [-0.39, 0.29) is 6.04 Å². The van der Waals surface area contributed by atoms with Gasteiger partial charge in [-0.05, 0) is 56.6 Å². The third-order valence-electron chi connectivity index (χ3n) is 2.32. The first-order valence-corrected chi connectivity index (χ1v) is 6.76. The first kappa shape index (κ1) is 15.4. The van der Waals surface area contributed by atoms with Crippen molar-refractivity contribution in [3.05, 3.63) is 30.1 Å². The van der Waals surface area contributed by atoms with Gasteiger partial charge in [0.25, 0.3) is 0 Å². The van der Waals surface area contributed by atoms with E-state index < -0.39 is 0 Å². The van der Waals surface area contributed by atoms with Crippen molar-refractivity contribution in [1.29, 1.82) is 0 Å². The molecule has 19 heavy (non-hydrogen) atoms. The van der Waals surface area contributed by atoms with Crippen molar-refractivity contribution in [2.45, 2.75) is 32.7 Å². The van der Waals surface area contributed by atoms with Gasteiger partial charge >= 0.3 is 0 Å². The molecule has 0 bridgehead atoms. The van der Waals surface area contributed by atoms with Crippen LogP contribution in [0.4, 0.5) is 0 Å². The minimum Gasteiger partial charge on any atom is -0.370 e. The zero-order valence-electron chi connectivity index (χ0n) is 11.4. The van der Waals surface area contributed by atoms with Crippen LogP contribution in [0.1, 0.15) is 25.8 Å².